The Morgan fingerprint density at radius 3 is 1.45 bits per heavy atom. The van der Waals surface area contributed by atoms with Gasteiger partial charge >= 0.3 is 0 Å². The molecule has 0 aromatic rings. The molecule has 0 aliphatic heterocycles. The van der Waals surface area contributed by atoms with Gasteiger partial charge in [0.1, 0.15) is 5.78 Å². The van der Waals surface area contributed by atoms with E-state index in [1.165, 1.54) is 0 Å². The topological polar surface area (TPSA) is 75.3 Å². The van der Waals surface area contributed by atoms with E-state index >= 15 is 0 Å². The molecule has 0 radical (unpaired) electrons. The summed E-state index contributed by atoms with van der Waals surface area (Å²) in [6.45, 7) is 8.08. The lowest BCUT2D eigenvalue weighted by molar-refractivity contribution is -0.134. The fourth-order valence-electron chi connectivity index (χ4n) is 3.01. The molecule has 0 heterocycles. The number of nitrogens with one attached hydrogen (secondary N) is 2. The highest BCUT2D eigenvalue weighted by Crippen LogP contribution is 2.30. The van der Waals surface area contributed by atoms with E-state index in [1.54, 1.807) is 0 Å². The average Bonchev–Trinajstić information content (AvgIpc) is 2.91. The smallest absolute Gasteiger partial charge is 0.224 e. The molecule has 126 valence electrons. The van der Waals surface area contributed by atoms with Crippen molar-refractivity contribution in [2.24, 2.45) is 11.8 Å². The van der Waals surface area contributed by atoms with Gasteiger partial charge < -0.3 is 10.6 Å². The Bertz CT molecular complexity index is 365. The minimum absolute atomic E-state index is 0.00870. The number of rotatable bonds is 8. The number of hydrogen-bond acceptors (Lipinski definition) is 3. The van der Waals surface area contributed by atoms with Crippen molar-refractivity contribution in [1.82, 2.24) is 10.6 Å². The summed E-state index contributed by atoms with van der Waals surface area (Å²) in [6, 6.07) is 0.233. The van der Waals surface area contributed by atoms with E-state index in [1.807, 2.05) is 27.7 Å². The zero-order valence-electron chi connectivity index (χ0n) is 14.3. The van der Waals surface area contributed by atoms with E-state index in [2.05, 4.69) is 10.6 Å². The summed E-state index contributed by atoms with van der Waals surface area (Å²) in [5.74, 6) is -1.31. The molecule has 1 rings (SSSR count). The molecular weight excluding hydrogens is 280 g/mol. The van der Waals surface area contributed by atoms with Crippen LogP contribution in [0.25, 0.3) is 0 Å². The van der Waals surface area contributed by atoms with Crippen molar-refractivity contribution in [3.05, 3.63) is 0 Å². The Kier molecular flexibility index (Phi) is 7.56. The number of hydrogen-bond donors (Lipinski definition) is 2. The van der Waals surface area contributed by atoms with Gasteiger partial charge in [0.25, 0.3) is 0 Å². The van der Waals surface area contributed by atoms with Crippen LogP contribution < -0.4 is 10.6 Å². The predicted octanol–water partition coefficient (Wildman–Crippen LogP) is 2.19. The Morgan fingerprint density at radius 1 is 0.864 bits per heavy atom. The zero-order chi connectivity index (χ0) is 16.7. The first-order chi connectivity index (χ1) is 10.5. The molecule has 1 saturated carbocycles. The highest BCUT2D eigenvalue weighted by atomic mass is 16.2. The van der Waals surface area contributed by atoms with Crippen molar-refractivity contribution in [3.8, 4) is 0 Å². The van der Waals surface area contributed by atoms with Gasteiger partial charge in [0.15, 0.2) is 0 Å². The van der Waals surface area contributed by atoms with Crippen LogP contribution in [-0.2, 0) is 14.4 Å². The standard InChI is InChI=1S/C17H30N2O3/c1-5-11(6-2)18-16(21)14-9-13(20)10-15(14)17(22)19-12(7-3)8-4/h11-12,14-15H,5-10H2,1-4H3,(H,18,21)(H,19,22)/t14-,15+. The summed E-state index contributed by atoms with van der Waals surface area (Å²) in [6.07, 6.45) is 3.79. The molecule has 2 atom stereocenters. The summed E-state index contributed by atoms with van der Waals surface area (Å²) in [4.78, 5) is 36.6. The monoisotopic (exact) mass is 310 g/mol. The van der Waals surface area contributed by atoms with Gasteiger partial charge in [0.2, 0.25) is 11.8 Å². The summed E-state index contributed by atoms with van der Waals surface area (Å²) in [7, 11) is 0. The fourth-order valence-corrected chi connectivity index (χ4v) is 3.01. The first-order valence-corrected chi connectivity index (χ1v) is 8.59. The van der Waals surface area contributed by atoms with Crippen molar-refractivity contribution in [3.63, 3.8) is 0 Å². The fraction of sp³-hybridized carbons (Fsp3) is 0.824. The van der Waals surface area contributed by atoms with E-state index in [-0.39, 0.29) is 42.5 Å². The van der Waals surface area contributed by atoms with Gasteiger partial charge in [0.05, 0.1) is 11.8 Å². The number of carbonyl (C=O) groups excluding carboxylic acids is 3. The van der Waals surface area contributed by atoms with Gasteiger partial charge in [-0.25, -0.2) is 0 Å². The summed E-state index contributed by atoms with van der Waals surface area (Å²) in [5, 5.41) is 5.95. The third-order valence-electron chi connectivity index (χ3n) is 4.72. The van der Waals surface area contributed by atoms with Crippen molar-refractivity contribution >= 4 is 17.6 Å². The number of ketones is 1. The van der Waals surface area contributed by atoms with Gasteiger partial charge in [-0.2, -0.15) is 0 Å². The summed E-state index contributed by atoms with van der Waals surface area (Å²) < 4.78 is 0. The Labute approximate surface area is 133 Å². The molecule has 0 saturated heterocycles. The van der Waals surface area contributed by atoms with Gasteiger partial charge in [-0.15, -0.1) is 0 Å². The van der Waals surface area contributed by atoms with E-state index in [0.717, 1.165) is 25.7 Å². The van der Waals surface area contributed by atoms with E-state index in [9.17, 15) is 14.4 Å². The highest BCUT2D eigenvalue weighted by molar-refractivity contribution is 5.98. The molecular formula is C17H30N2O3. The van der Waals surface area contributed by atoms with Gasteiger partial charge in [-0.3, -0.25) is 14.4 Å². The lowest BCUT2D eigenvalue weighted by Gasteiger charge is -2.23. The van der Waals surface area contributed by atoms with E-state index in [4.69, 9.17) is 0 Å². The normalized spacial score (nSPS) is 21.5. The molecule has 0 unspecified atom stereocenters. The average molecular weight is 310 g/mol. The maximum atomic E-state index is 12.4. The second-order valence-electron chi connectivity index (χ2n) is 6.20. The lowest BCUT2D eigenvalue weighted by Crippen LogP contribution is -2.45. The molecule has 2 N–H and O–H groups in total. The first kappa shape index (κ1) is 18.7. The summed E-state index contributed by atoms with van der Waals surface area (Å²) in [5.41, 5.74) is 0. The molecule has 0 aromatic carbocycles. The van der Waals surface area contributed by atoms with Crippen molar-refractivity contribution in [2.45, 2.75) is 78.3 Å². The third kappa shape index (κ3) is 4.82. The number of carbonyl (C=O) groups is 3. The predicted molar refractivity (Wildman–Crippen MR) is 86.2 cm³/mol. The molecule has 1 fully saturated rings. The van der Waals surface area contributed by atoms with Gasteiger partial charge in [-0.1, -0.05) is 27.7 Å². The second-order valence-corrected chi connectivity index (χ2v) is 6.20. The minimum atomic E-state index is -0.512. The number of amides is 2. The molecule has 5 heteroatoms. The Morgan fingerprint density at radius 2 is 1.18 bits per heavy atom. The van der Waals surface area contributed by atoms with E-state index in [0.29, 0.717) is 0 Å². The SMILES string of the molecule is CCC(CC)NC(=O)[C@H]1CC(=O)C[C@H]1C(=O)NC(CC)CC. The molecule has 5 nitrogen and oxygen atoms in total. The molecule has 2 amide bonds. The molecule has 1 aliphatic rings. The van der Waals surface area contributed by atoms with E-state index < -0.39 is 11.8 Å². The second kappa shape index (κ2) is 8.91. The largest absolute Gasteiger partial charge is 0.353 e. The van der Waals surface area contributed by atoms with Crippen LogP contribution in [-0.4, -0.2) is 29.7 Å². The molecule has 1 aliphatic carbocycles. The van der Waals surface area contributed by atoms with Crippen LogP contribution in [0.1, 0.15) is 66.2 Å². The van der Waals surface area contributed by atoms with Crippen LogP contribution in [0.5, 0.6) is 0 Å². The van der Waals surface area contributed by atoms with Crippen molar-refractivity contribution in [2.75, 3.05) is 0 Å². The quantitative estimate of drug-likeness (QED) is 0.721. The first-order valence-electron chi connectivity index (χ1n) is 8.59. The van der Waals surface area contributed by atoms with Gasteiger partial charge in [-0.05, 0) is 25.7 Å². The molecule has 22 heavy (non-hydrogen) atoms. The van der Waals surface area contributed by atoms with Crippen molar-refractivity contribution in [1.29, 1.82) is 0 Å². The van der Waals surface area contributed by atoms with Gasteiger partial charge in [0, 0.05) is 24.9 Å². The maximum Gasteiger partial charge on any atom is 0.224 e. The Hall–Kier alpha value is -1.39. The Balaban J connectivity index is 2.73. The lowest BCUT2D eigenvalue weighted by atomic mass is 9.93. The maximum absolute atomic E-state index is 12.4. The molecule has 0 bridgehead atoms. The molecule has 0 aromatic heterocycles. The van der Waals surface area contributed by atoms with Crippen LogP contribution in [0.3, 0.4) is 0 Å². The highest BCUT2D eigenvalue weighted by Gasteiger charge is 2.42. The van der Waals surface area contributed by atoms with Crippen molar-refractivity contribution < 1.29 is 14.4 Å². The summed E-state index contributed by atoms with van der Waals surface area (Å²) >= 11 is 0. The van der Waals surface area contributed by atoms with Crippen LogP contribution in [0.15, 0.2) is 0 Å². The third-order valence-corrected chi connectivity index (χ3v) is 4.72. The van der Waals surface area contributed by atoms with Crippen LogP contribution in [0.4, 0.5) is 0 Å². The number of Topliss-reactive ketones (excluding diaryl/α,β-unsaturated/α-hetero) is 1. The van der Waals surface area contributed by atoms with Crippen LogP contribution in [0.2, 0.25) is 0 Å². The van der Waals surface area contributed by atoms with Crippen LogP contribution in [0, 0.1) is 11.8 Å². The minimum Gasteiger partial charge on any atom is -0.353 e. The molecule has 0 spiro atoms. The van der Waals surface area contributed by atoms with Crippen LogP contribution >= 0.6 is 0 Å². The zero-order valence-corrected chi connectivity index (χ0v) is 14.3.